The topological polar surface area (TPSA) is 52.3 Å². The van der Waals surface area contributed by atoms with Crippen molar-refractivity contribution >= 4 is 14.2 Å². The Bertz CT molecular complexity index is 139. The molecule has 0 atom stereocenters. The Morgan fingerprint density at radius 1 is 1.80 bits per heavy atom. The minimum atomic E-state index is -1.78. The lowest BCUT2D eigenvalue weighted by Crippen LogP contribution is -2.40. The molecular formula is C6H13NO2Si. The van der Waals surface area contributed by atoms with E-state index in [1.54, 1.807) is 0 Å². The van der Waals surface area contributed by atoms with Gasteiger partial charge in [-0.1, -0.05) is 19.7 Å². The molecule has 0 aromatic carbocycles. The SMILES string of the molecule is C=COC(=O)C[Si](C)(C)N. The van der Waals surface area contributed by atoms with Gasteiger partial charge in [0.05, 0.1) is 12.3 Å². The van der Waals surface area contributed by atoms with Gasteiger partial charge in [-0.05, 0) is 0 Å². The van der Waals surface area contributed by atoms with Crippen molar-refractivity contribution in [2.75, 3.05) is 0 Å². The Labute approximate surface area is 62.0 Å². The minimum absolute atomic E-state index is 0.283. The second kappa shape index (κ2) is 3.53. The van der Waals surface area contributed by atoms with E-state index in [1.807, 2.05) is 13.1 Å². The Morgan fingerprint density at radius 3 is 2.60 bits per heavy atom. The van der Waals surface area contributed by atoms with Gasteiger partial charge in [0.15, 0.2) is 0 Å². The van der Waals surface area contributed by atoms with Crippen LogP contribution in [0.4, 0.5) is 0 Å². The number of nitrogens with two attached hydrogens (primary N) is 1. The minimum Gasteiger partial charge on any atom is -0.435 e. The molecule has 0 radical (unpaired) electrons. The van der Waals surface area contributed by atoms with E-state index >= 15 is 0 Å². The van der Waals surface area contributed by atoms with Gasteiger partial charge in [0.1, 0.15) is 8.24 Å². The van der Waals surface area contributed by atoms with E-state index in [-0.39, 0.29) is 5.97 Å². The molecule has 0 saturated carbocycles. The van der Waals surface area contributed by atoms with Crippen LogP contribution in [0, 0.1) is 0 Å². The Kier molecular flexibility index (Phi) is 3.31. The summed E-state index contributed by atoms with van der Waals surface area (Å²) in [5.41, 5.74) is 0. The second-order valence-corrected chi connectivity index (χ2v) is 7.15. The zero-order valence-electron chi connectivity index (χ0n) is 6.39. The Hall–Kier alpha value is -0.613. The quantitative estimate of drug-likeness (QED) is 0.377. The number of carbonyl (C=O) groups is 1. The van der Waals surface area contributed by atoms with Crippen molar-refractivity contribution in [2.24, 2.45) is 5.40 Å². The van der Waals surface area contributed by atoms with Crippen molar-refractivity contribution in [1.29, 1.82) is 0 Å². The maximum atomic E-state index is 10.7. The molecule has 0 aliphatic heterocycles. The molecule has 4 heteroatoms. The van der Waals surface area contributed by atoms with Gasteiger partial charge in [-0.3, -0.25) is 4.79 Å². The van der Waals surface area contributed by atoms with Gasteiger partial charge in [0.2, 0.25) is 0 Å². The molecule has 0 aliphatic rings. The van der Waals surface area contributed by atoms with Crippen LogP contribution in [0.15, 0.2) is 12.8 Å². The van der Waals surface area contributed by atoms with Gasteiger partial charge in [-0.15, -0.1) is 0 Å². The number of hydrogen-bond donors (Lipinski definition) is 1. The lowest BCUT2D eigenvalue weighted by atomic mass is 10.8. The zero-order valence-corrected chi connectivity index (χ0v) is 7.39. The third kappa shape index (κ3) is 5.52. The molecule has 0 amide bonds. The summed E-state index contributed by atoms with van der Waals surface area (Å²) in [6.45, 7) is 7.06. The standard InChI is InChI=1S/C6H13NO2Si/c1-4-9-6(8)5-10(2,3)7/h4H,1,5,7H2,2-3H3. The van der Waals surface area contributed by atoms with E-state index in [0.29, 0.717) is 6.04 Å². The van der Waals surface area contributed by atoms with Gasteiger partial charge in [-0.25, -0.2) is 0 Å². The van der Waals surface area contributed by atoms with Crippen LogP contribution in [0.1, 0.15) is 0 Å². The molecule has 0 aliphatic carbocycles. The fourth-order valence-electron chi connectivity index (χ4n) is 0.507. The van der Waals surface area contributed by atoms with Crippen molar-refractivity contribution in [3.63, 3.8) is 0 Å². The van der Waals surface area contributed by atoms with E-state index in [2.05, 4.69) is 11.3 Å². The highest BCUT2D eigenvalue weighted by molar-refractivity contribution is 6.76. The fraction of sp³-hybridized carbons (Fsp3) is 0.500. The van der Waals surface area contributed by atoms with Crippen LogP contribution in [0.2, 0.25) is 19.1 Å². The average Bonchev–Trinajstić information content (AvgIpc) is 1.59. The summed E-state index contributed by atoms with van der Waals surface area (Å²) >= 11 is 0. The van der Waals surface area contributed by atoms with E-state index in [4.69, 9.17) is 5.40 Å². The normalized spacial score (nSPS) is 10.7. The fourth-order valence-corrected chi connectivity index (χ4v) is 1.33. The monoisotopic (exact) mass is 159 g/mol. The molecule has 0 heterocycles. The predicted molar refractivity (Wildman–Crippen MR) is 42.8 cm³/mol. The number of esters is 1. The highest BCUT2D eigenvalue weighted by atomic mass is 28.3. The highest BCUT2D eigenvalue weighted by Crippen LogP contribution is 2.01. The van der Waals surface area contributed by atoms with Gasteiger partial charge in [-0.2, -0.15) is 0 Å². The van der Waals surface area contributed by atoms with E-state index in [9.17, 15) is 4.79 Å². The average molecular weight is 159 g/mol. The summed E-state index contributed by atoms with van der Waals surface area (Å²) in [4.78, 5) is 10.7. The van der Waals surface area contributed by atoms with Crippen LogP contribution in [-0.4, -0.2) is 14.2 Å². The first-order valence-electron chi connectivity index (χ1n) is 3.05. The summed E-state index contributed by atoms with van der Waals surface area (Å²) in [5, 5.41) is 5.67. The van der Waals surface area contributed by atoms with Crippen molar-refractivity contribution < 1.29 is 9.53 Å². The maximum Gasteiger partial charge on any atom is 0.309 e. The molecule has 0 bridgehead atoms. The van der Waals surface area contributed by atoms with Crippen LogP contribution in [0.3, 0.4) is 0 Å². The molecule has 0 aromatic rings. The maximum absolute atomic E-state index is 10.7. The third-order valence-corrected chi connectivity index (χ3v) is 2.01. The van der Waals surface area contributed by atoms with E-state index < -0.39 is 8.24 Å². The number of carbonyl (C=O) groups excluding carboxylic acids is 1. The number of rotatable bonds is 3. The summed E-state index contributed by atoms with van der Waals surface area (Å²) < 4.78 is 4.50. The molecule has 3 nitrogen and oxygen atoms in total. The Balaban J connectivity index is 3.68. The molecule has 0 unspecified atom stereocenters. The molecule has 10 heavy (non-hydrogen) atoms. The molecule has 0 spiro atoms. The lowest BCUT2D eigenvalue weighted by Gasteiger charge is -2.12. The molecule has 2 N–H and O–H groups in total. The molecule has 0 rings (SSSR count). The summed E-state index contributed by atoms with van der Waals surface area (Å²) in [6.07, 6.45) is 1.13. The molecular weight excluding hydrogens is 146 g/mol. The van der Waals surface area contributed by atoms with Gasteiger partial charge >= 0.3 is 5.97 Å². The van der Waals surface area contributed by atoms with Crippen molar-refractivity contribution in [3.8, 4) is 0 Å². The van der Waals surface area contributed by atoms with Crippen molar-refractivity contribution in [1.82, 2.24) is 0 Å². The smallest absolute Gasteiger partial charge is 0.309 e. The predicted octanol–water partition coefficient (Wildman–Crippen LogP) is 0.837. The summed E-state index contributed by atoms with van der Waals surface area (Å²) in [5.74, 6) is -0.283. The van der Waals surface area contributed by atoms with Crippen LogP contribution in [-0.2, 0) is 9.53 Å². The number of hydrogen-bond acceptors (Lipinski definition) is 3. The lowest BCUT2D eigenvalue weighted by molar-refractivity contribution is -0.135. The molecule has 0 saturated heterocycles. The van der Waals surface area contributed by atoms with Crippen LogP contribution in [0.5, 0.6) is 0 Å². The largest absolute Gasteiger partial charge is 0.435 e. The first kappa shape index (κ1) is 9.39. The zero-order chi connectivity index (χ0) is 8.20. The first-order valence-corrected chi connectivity index (χ1v) is 6.33. The molecule has 0 aromatic heterocycles. The third-order valence-electron chi connectivity index (χ3n) is 0.815. The van der Waals surface area contributed by atoms with Crippen LogP contribution < -0.4 is 5.40 Å². The van der Waals surface area contributed by atoms with Gasteiger partial charge in [0, 0.05) is 0 Å². The van der Waals surface area contributed by atoms with Gasteiger partial charge < -0.3 is 10.1 Å². The highest BCUT2D eigenvalue weighted by Gasteiger charge is 2.19. The van der Waals surface area contributed by atoms with Crippen molar-refractivity contribution in [3.05, 3.63) is 12.8 Å². The summed E-state index contributed by atoms with van der Waals surface area (Å²) in [6, 6.07) is 0.346. The second-order valence-electron chi connectivity index (χ2n) is 2.82. The Morgan fingerprint density at radius 2 is 2.30 bits per heavy atom. The van der Waals surface area contributed by atoms with Crippen molar-refractivity contribution in [2.45, 2.75) is 19.1 Å². The molecule has 0 fully saturated rings. The van der Waals surface area contributed by atoms with Gasteiger partial charge in [0.25, 0.3) is 0 Å². The molecule has 58 valence electrons. The van der Waals surface area contributed by atoms with Crippen LogP contribution >= 0.6 is 0 Å². The van der Waals surface area contributed by atoms with Crippen LogP contribution in [0.25, 0.3) is 0 Å². The summed E-state index contributed by atoms with van der Waals surface area (Å²) in [7, 11) is -1.78. The van der Waals surface area contributed by atoms with E-state index in [0.717, 1.165) is 6.26 Å². The number of ether oxygens (including phenoxy) is 1. The van der Waals surface area contributed by atoms with E-state index in [1.165, 1.54) is 0 Å². The first-order chi connectivity index (χ1) is 4.45.